The average Bonchev–Trinajstić information content (AvgIpc) is 3.07. The van der Waals surface area contributed by atoms with Crippen LogP contribution in [0.25, 0.3) is 0 Å². The molecule has 6 nitrogen and oxygen atoms in total. The predicted molar refractivity (Wildman–Crippen MR) is 97.1 cm³/mol. The van der Waals surface area contributed by atoms with E-state index in [1.807, 2.05) is 0 Å². The molecule has 0 saturated carbocycles. The van der Waals surface area contributed by atoms with Crippen molar-refractivity contribution in [3.8, 4) is 5.75 Å². The summed E-state index contributed by atoms with van der Waals surface area (Å²) < 4.78 is 35.0. The first-order valence-electron chi connectivity index (χ1n) is 8.00. The standard InChI is InChI=1S/C18H15BrF2N2O4/c19-13-3-6-15(27-17(20)21)12(9-13)10-22-16(24)11-1-4-14(5-2-11)23-7-8-26-18(23)25/h1-6,9,17H,7-8,10H2,(H,22,24). The van der Waals surface area contributed by atoms with Gasteiger partial charge in [-0.25, -0.2) is 4.79 Å². The highest BCUT2D eigenvalue weighted by molar-refractivity contribution is 9.10. The number of hydrogen-bond acceptors (Lipinski definition) is 4. The Morgan fingerprint density at radius 2 is 2.00 bits per heavy atom. The Morgan fingerprint density at radius 3 is 2.63 bits per heavy atom. The van der Waals surface area contributed by atoms with E-state index < -0.39 is 12.7 Å². The molecule has 0 radical (unpaired) electrons. The molecule has 1 fully saturated rings. The number of ether oxygens (including phenoxy) is 2. The lowest BCUT2D eigenvalue weighted by molar-refractivity contribution is -0.0504. The molecule has 3 rings (SSSR count). The summed E-state index contributed by atoms with van der Waals surface area (Å²) in [7, 11) is 0. The highest BCUT2D eigenvalue weighted by atomic mass is 79.9. The number of hydrogen-bond donors (Lipinski definition) is 1. The fourth-order valence-corrected chi connectivity index (χ4v) is 3.00. The molecule has 1 saturated heterocycles. The third-order valence-electron chi connectivity index (χ3n) is 3.88. The highest BCUT2D eigenvalue weighted by Gasteiger charge is 2.23. The molecular formula is C18H15BrF2N2O4. The number of nitrogens with zero attached hydrogens (tertiary/aromatic N) is 1. The van der Waals surface area contributed by atoms with Crippen LogP contribution in [0.15, 0.2) is 46.9 Å². The van der Waals surface area contributed by atoms with Gasteiger partial charge in [0.05, 0.1) is 6.54 Å². The second kappa shape index (κ2) is 8.34. The van der Waals surface area contributed by atoms with Crippen LogP contribution < -0.4 is 15.0 Å². The maximum atomic E-state index is 12.5. The molecule has 2 amide bonds. The molecule has 1 aliphatic rings. The quantitative estimate of drug-likeness (QED) is 0.738. The molecule has 1 N–H and O–H groups in total. The summed E-state index contributed by atoms with van der Waals surface area (Å²) in [6.07, 6.45) is -0.423. The number of cyclic esters (lactones) is 1. The van der Waals surface area contributed by atoms with Crippen molar-refractivity contribution in [2.24, 2.45) is 0 Å². The Labute approximate surface area is 162 Å². The van der Waals surface area contributed by atoms with E-state index >= 15 is 0 Å². The normalized spacial score (nSPS) is 13.6. The van der Waals surface area contributed by atoms with Gasteiger partial charge in [-0.3, -0.25) is 9.69 Å². The number of amides is 2. The summed E-state index contributed by atoms with van der Waals surface area (Å²) in [4.78, 5) is 25.3. The minimum atomic E-state index is -2.95. The summed E-state index contributed by atoms with van der Waals surface area (Å²) in [5.74, 6) is -0.384. The zero-order chi connectivity index (χ0) is 19.4. The van der Waals surface area contributed by atoms with Crippen LogP contribution in [-0.4, -0.2) is 31.8 Å². The Morgan fingerprint density at radius 1 is 1.26 bits per heavy atom. The summed E-state index contributed by atoms with van der Waals surface area (Å²) in [5.41, 5.74) is 1.42. The van der Waals surface area contributed by atoms with Crippen molar-refractivity contribution >= 4 is 33.6 Å². The molecule has 0 spiro atoms. The van der Waals surface area contributed by atoms with Crippen LogP contribution in [0.5, 0.6) is 5.75 Å². The van der Waals surface area contributed by atoms with Gasteiger partial charge in [0, 0.05) is 27.8 Å². The fraction of sp³-hybridized carbons (Fsp3) is 0.222. The minimum absolute atomic E-state index is 0.00334. The number of carbonyl (C=O) groups excluding carboxylic acids is 2. The van der Waals surface area contributed by atoms with Crippen LogP contribution in [0.3, 0.4) is 0 Å². The van der Waals surface area contributed by atoms with E-state index in [1.54, 1.807) is 36.4 Å². The third-order valence-corrected chi connectivity index (χ3v) is 4.37. The van der Waals surface area contributed by atoms with Crippen LogP contribution >= 0.6 is 15.9 Å². The summed E-state index contributed by atoms with van der Waals surface area (Å²) in [6.45, 7) is -2.15. The van der Waals surface area contributed by atoms with E-state index in [0.717, 1.165) is 0 Å². The van der Waals surface area contributed by atoms with Gasteiger partial charge in [-0.05, 0) is 42.5 Å². The average molecular weight is 441 g/mol. The molecule has 142 valence electrons. The van der Waals surface area contributed by atoms with Crippen molar-refractivity contribution in [2.45, 2.75) is 13.2 Å². The van der Waals surface area contributed by atoms with Gasteiger partial charge in [-0.15, -0.1) is 0 Å². The summed E-state index contributed by atoms with van der Waals surface area (Å²) in [6, 6.07) is 11.0. The second-order valence-corrected chi connectivity index (χ2v) is 6.54. The molecule has 9 heteroatoms. The zero-order valence-corrected chi connectivity index (χ0v) is 15.5. The van der Waals surface area contributed by atoms with Crippen LogP contribution in [0.1, 0.15) is 15.9 Å². The van der Waals surface area contributed by atoms with Crippen LogP contribution in [0, 0.1) is 0 Å². The SMILES string of the molecule is O=C(NCc1cc(Br)ccc1OC(F)F)c1ccc(N2CCOC2=O)cc1. The maximum absolute atomic E-state index is 12.5. The molecule has 0 bridgehead atoms. The van der Waals surface area contributed by atoms with Crippen molar-refractivity contribution in [2.75, 3.05) is 18.1 Å². The number of carbonyl (C=O) groups is 2. The Hall–Kier alpha value is -2.68. The van der Waals surface area contributed by atoms with Gasteiger partial charge in [0.1, 0.15) is 12.4 Å². The third kappa shape index (κ3) is 4.73. The Bertz CT molecular complexity index is 846. The molecule has 0 aliphatic carbocycles. The molecule has 0 atom stereocenters. The Kier molecular flexibility index (Phi) is 5.90. The van der Waals surface area contributed by atoms with Crippen LogP contribution in [-0.2, 0) is 11.3 Å². The van der Waals surface area contributed by atoms with Crippen LogP contribution in [0.4, 0.5) is 19.3 Å². The van der Waals surface area contributed by atoms with Gasteiger partial charge in [0.25, 0.3) is 5.91 Å². The van der Waals surface area contributed by atoms with Crippen molar-refractivity contribution in [3.63, 3.8) is 0 Å². The fourth-order valence-electron chi connectivity index (χ4n) is 2.60. The number of halogens is 3. The lowest BCUT2D eigenvalue weighted by Gasteiger charge is -2.14. The summed E-state index contributed by atoms with van der Waals surface area (Å²) >= 11 is 3.26. The van der Waals surface area contributed by atoms with Gasteiger partial charge in [-0.2, -0.15) is 8.78 Å². The molecular weight excluding hydrogens is 426 g/mol. The predicted octanol–water partition coefficient (Wildman–Crippen LogP) is 3.94. The van der Waals surface area contributed by atoms with E-state index in [2.05, 4.69) is 26.0 Å². The van der Waals surface area contributed by atoms with Gasteiger partial charge in [-0.1, -0.05) is 15.9 Å². The lowest BCUT2D eigenvalue weighted by atomic mass is 10.1. The van der Waals surface area contributed by atoms with E-state index in [4.69, 9.17) is 4.74 Å². The molecule has 1 aliphatic heterocycles. The Balaban J connectivity index is 1.66. The molecule has 27 heavy (non-hydrogen) atoms. The van der Waals surface area contributed by atoms with Crippen molar-refractivity contribution in [1.29, 1.82) is 0 Å². The topological polar surface area (TPSA) is 67.9 Å². The number of rotatable bonds is 6. The highest BCUT2D eigenvalue weighted by Crippen LogP contribution is 2.25. The monoisotopic (exact) mass is 440 g/mol. The van der Waals surface area contributed by atoms with Gasteiger partial charge in [0.2, 0.25) is 0 Å². The maximum Gasteiger partial charge on any atom is 0.414 e. The first-order chi connectivity index (χ1) is 12.9. The molecule has 0 unspecified atom stereocenters. The first kappa shape index (κ1) is 19.1. The van der Waals surface area contributed by atoms with Crippen molar-refractivity contribution in [3.05, 3.63) is 58.1 Å². The second-order valence-electron chi connectivity index (χ2n) is 5.63. The van der Waals surface area contributed by atoms with Gasteiger partial charge >= 0.3 is 12.7 Å². The molecule has 2 aromatic rings. The number of alkyl halides is 2. The first-order valence-corrected chi connectivity index (χ1v) is 8.79. The number of anilines is 1. The zero-order valence-electron chi connectivity index (χ0n) is 14.0. The van der Waals surface area contributed by atoms with Crippen molar-refractivity contribution < 1.29 is 27.8 Å². The molecule has 1 heterocycles. The van der Waals surface area contributed by atoms with E-state index in [0.29, 0.717) is 34.4 Å². The smallest absolute Gasteiger partial charge is 0.414 e. The number of nitrogens with one attached hydrogen (secondary N) is 1. The number of benzene rings is 2. The van der Waals surface area contributed by atoms with Crippen LogP contribution in [0.2, 0.25) is 0 Å². The molecule has 2 aromatic carbocycles. The van der Waals surface area contributed by atoms with Crippen molar-refractivity contribution in [1.82, 2.24) is 5.32 Å². The summed E-state index contributed by atoms with van der Waals surface area (Å²) in [5, 5.41) is 2.66. The van der Waals surface area contributed by atoms with E-state index in [9.17, 15) is 18.4 Å². The van der Waals surface area contributed by atoms with E-state index in [-0.39, 0.29) is 18.2 Å². The van der Waals surface area contributed by atoms with Gasteiger partial charge < -0.3 is 14.8 Å². The largest absolute Gasteiger partial charge is 0.447 e. The molecule has 0 aromatic heterocycles. The van der Waals surface area contributed by atoms with Gasteiger partial charge in [0.15, 0.2) is 0 Å². The lowest BCUT2D eigenvalue weighted by Crippen LogP contribution is -2.25. The van der Waals surface area contributed by atoms with E-state index in [1.165, 1.54) is 11.0 Å². The minimum Gasteiger partial charge on any atom is -0.447 e.